The average molecular weight is 1310 g/mol. The predicted molar refractivity (Wildman–Crippen MR) is 284 cm³/mol. The second kappa shape index (κ2) is 28.2. The van der Waals surface area contributed by atoms with Gasteiger partial charge in [0.15, 0.2) is 38.0 Å². The van der Waals surface area contributed by atoms with Crippen molar-refractivity contribution in [2.45, 2.75) is 59.4 Å². The second-order valence-corrected chi connectivity index (χ2v) is 23.9. The van der Waals surface area contributed by atoms with Gasteiger partial charge in [-0.05, 0) is 99.4 Å². The van der Waals surface area contributed by atoms with Gasteiger partial charge in [0.25, 0.3) is 29.4 Å². The van der Waals surface area contributed by atoms with Crippen LogP contribution in [-0.2, 0) is 14.3 Å². The first-order valence-corrected chi connectivity index (χ1v) is 29.5. The standard InChI is InChI=1S/C17H16F3N5O4S.C16H18F3N5O3S.C14H11F3N4O6S2/c1-17(27)7-24(8-17)4-5-30-15-12(21-29-23-15)14-22-28-16(26)25(14)9-2-3-11(18)10(6-9)13(19)20;1-16(25)7-24(8-16)4-5-28-15-12(22-27-23-15)14(21-26)20-9-2-3-11(17)10(6-9)13(18)19;1-29(23,24)25-4-5-28-13-10(18-27-20-13)12-19-26-14(22)21(12)7-2-3-9(15)8(6-7)11(16)17/h2-3,6,13,27H,4-5,7-8H2,1H3;2-3,6,13,25-26H,4-5,7-8H2,1H3,(H,20,21);2-3,6,11H,4-5H2,1H3. The van der Waals surface area contributed by atoms with E-state index in [1.165, 1.54) is 29.6 Å². The normalized spacial score (nSPS) is 15.1. The zero-order valence-corrected chi connectivity index (χ0v) is 48.0. The van der Waals surface area contributed by atoms with Gasteiger partial charge in [-0.2, -0.15) is 8.42 Å². The summed E-state index contributed by atoms with van der Waals surface area (Å²) in [6.45, 7) is 7.02. The third kappa shape index (κ3) is 16.8. The highest BCUT2D eigenvalue weighted by atomic mass is 32.2. The minimum absolute atomic E-state index is 0.00462. The minimum atomic E-state index is -3.62. The molecule has 468 valence electrons. The van der Waals surface area contributed by atoms with Crippen molar-refractivity contribution in [3.63, 3.8) is 0 Å². The molecule has 7 heterocycles. The molecule has 40 heteroatoms. The number of aliphatic imine (C=N–C) groups is 1. The van der Waals surface area contributed by atoms with Gasteiger partial charge in [0, 0.05) is 56.5 Å². The van der Waals surface area contributed by atoms with Crippen LogP contribution in [0.5, 0.6) is 0 Å². The van der Waals surface area contributed by atoms with Crippen LogP contribution in [0.15, 0.2) is 107 Å². The molecule has 5 aromatic heterocycles. The molecule has 10 rings (SSSR count). The maximum atomic E-state index is 13.6. The Kier molecular flexibility index (Phi) is 21.2. The smallest absolute Gasteiger partial charge is 0.388 e. The fourth-order valence-electron chi connectivity index (χ4n) is 8.22. The largest absolute Gasteiger partial charge is 0.446 e. The number of aromatic nitrogens is 10. The summed E-state index contributed by atoms with van der Waals surface area (Å²) in [7, 11) is -3.62. The number of thioether (sulfide) groups is 3. The molecule has 87 heavy (non-hydrogen) atoms. The maximum absolute atomic E-state index is 13.6. The first-order valence-electron chi connectivity index (χ1n) is 24.7. The molecule has 0 amide bonds. The maximum Gasteiger partial charge on any atom is 0.446 e. The summed E-state index contributed by atoms with van der Waals surface area (Å²) in [6, 6.07) is 8.41. The lowest BCUT2D eigenvalue weighted by atomic mass is 9.97. The summed E-state index contributed by atoms with van der Waals surface area (Å²) in [5, 5.41) is 59.1. The molecule has 2 fully saturated rings. The Morgan fingerprint density at radius 1 is 0.632 bits per heavy atom. The van der Waals surface area contributed by atoms with E-state index in [4.69, 9.17) is 9.26 Å². The van der Waals surface area contributed by atoms with Gasteiger partial charge >= 0.3 is 11.5 Å². The van der Waals surface area contributed by atoms with Gasteiger partial charge in [-0.1, -0.05) is 45.6 Å². The number of rotatable bonds is 22. The molecule has 2 aliphatic rings. The molecule has 4 N–H and O–H groups in total. The van der Waals surface area contributed by atoms with Crippen molar-refractivity contribution in [3.8, 4) is 34.4 Å². The van der Waals surface area contributed by atoms with Crippen LogP contribution in [-0.4, -0.2) is 170 Å². The molecule has 0 aliphatic carbocycles. The molecule has 2 aliphatic heterocycles. The van der Waals surface area contributed by atoms with Gasteiger partial charge < -0.3 is 10.2 Å². The van der Waals surface area contributed by atoms with Crippen LogP contribution < -0.4 is 17.0 Å². The van der Waals surface area contributed by atoms with Crippen LogP contribution in [0.4, 0.5) is 45.2 Å². The van der Waals surface area contributed by atoms with E-state index in [2.05, 4.69) is 73.9 Å². The Hall–Kier alpha value is -7.44. The number of nitrogens with zero attached hydrogens (tertiary/aromatic N) is 13. The van der Waals surface area contributed by atoms with E-state index in [9.17, 15) is 72.9 Å². The molecule has 0 bridgehead atoms. The number of benzene rings is 3. The van der Waals surface area contributed by atoms with Crippen molar-refractivity contribution in [1.29, 1.82) is 0 Å². The van der Waals surface area contributed by atoms with Crippen LogP contribution >= 0.6 is 35.3 Å². The van der Waals surface area contributed by atoms with Crippen molar-refractivity contribution >= 4 is 56.9 Å². The van der Waals surface area contributed by atoms with Gasteiger partial charge in [0.2, 0.25) is 11.6 Å². The average Bonchev–Trinajstić information content (AvgIpc) is 2.06. The van der Waals surface area contributed by atoms with Crippen LogP contribution in [0.3, 0.4) is 0 Å². The number of hydrogen-bond acceptors (Lipinski definition) is 27. The third-order valence-corrected chi connectivity index (χ3v) is 15.3. The number of halogens is 9. The Labute approximate surface area is 494 Å². The van der Waals surface area contributed by atoms with Crippen LogP contribution in [0.25, 0.3) is 34.4 Å². The van der Waals surface area contributed by atoms with E-state index >= 15 is 0 Å². The summed E-state index contributed by atoms with van der Waals surface area (Å²) in [4.78, 5) is 32.3. The number of hydrogen-bond donors (Lipinski definition) is 4. The lowest BCUT2D eigenvalue weighted by Crippen LogP contribution is -2.60. The van der Waals surface area contributed by atoms with Crippen molar-refractivity contribution in [3.05, 3.63) is 116 Å². The van der Waals surface area contributed by atoms with Gasteiger partial charge in [-0.15, -0.1) is 0 Å². The van der Waals surface area contributed by atoms with Gasteiger partial charge in [0.05, 0.1) is 57.8 Å². The molecule has 8 aromatic rings. The third-order valence-electron chi connectivity index (χ3n) is 11.9. The van der Waals surface area contributed by atoms with Crippen molar-refractivity contribution < 1.29 is 90.5 Å². The Balaban J connectivity index is 0.000000169. The lowest BCUT2D eigenvalue weighted by molar-refractivity contribution is -0.0804. The van der Waals surface area contributed by atoms with E-state index in [0.29, 0.717) is 60.8 Å². The summed E-state index contributed by atoms with van der Waals surface area (Å²) in [5.41, 5.74) is -2.14. The van der Waals surface area contributed by atoms with Gasteiger partial charge in [-0.25, -0.2) is 77.1 Å². The Morgan fingerprint density at radius 3 is 1.48 bits per heavy atom. The molecule has 0 spiro atoms. The fraction of sp³-hybridized carbons (Fsp3) is 0.383. The molecule has 3 aromatic carbocycles. The number of β-amino-alcohol motifs (C(OH)–C–C–N with tert-alkyl or cyclic N) is 2. The second-order valence-electron chi connectivity index (χ2n) is 19.0. The first kappa shape index (κ1) is 65.5. The van der Waals surface area contributed by atoms with E-state index in [-0.39, 0.29) is 69.0 Å². The Bertz CT molecular complexity index is 3920. The molecule has 0 unspecified atom stereocenters. The number of likely N-dealkylation sites (tertiary alicyclic amines) is 2. The Morgan fingerprint density at radius 2 is 1.05 bits per heavy atom. The quantitative estimate of drug-likeness (QED) is 0.0107. The number of amidine groups is 1. The monoisotopic (exact) mass is 1310 g/mol. The first-order chi connectivity index (χ1) is 41.2. The highest BCUT2D eigenvalue weighted by Crippen LogP contribution is 2.34. The molecule has 0 radical (unpaired) electrons. The predicted octanol–water partition coefficient (Wildman–Crippen LogP) is 6.49. The summed E-state index contributed by atoms with van der Waals surface area (Å²) < 4.78 is 170. The van der Waals surface area contributed by atoms with Gasteiger partial charge in [0.1, 0.15) is 17.5 Å². The van der Waals surface area contributed by atoms with Crippen LogP contribution in [0.2, 0.25) is 0 Å². The van der Waals surface area contributed by atoms with E-state index < -0.39 is 86.3 Å². The van der Waals surface area contributed by atoms with E-state index in [1.54, 1.807) is 13.8 Å². The highest BCUT2D eigenvalue weighted by molar-refractivity contribution is 7.99. The van der Waals surface area contributed by atoms with Crippen LogP contribution in [0, 0.1) is 17.5 Å². The number of aliphatic hydroxyl groups is 2. The molecule has 2 saturated heterocycles. The van der Waals surface area contributed by atoms with Crippen molar-refractivity contribution in [2.24, 2.45) is 4.99 Å². The van der Waals surface area contributed by atoms with Crippen LogP contribution in [0.1, 0.15) is 55.5 Å². The number of nitrogens with one attached hydrogen (secondary N) is 1. The molecular weight excluding hydrogens is 1270 g/mol. The highest BCUT2D eigenvalue weighted by Gasteiger charge is 2.37. The zero-order valence-electron chi connectivity index (χ0n) is 44.8. The number of hydroxylamine groups is 1. The van der Waals surface area contributed by atoms with Gasteiger partial charge in [-0.3, -0.25) is 33.7 Å². The molecular formula is C47H45F9N14O13S4. The SMILES string of the molecule is CC1(O)CN(CCSc2nonc2-c2noc(=O)n2-c2ccc(F)c(C(F)F)c2)C1.CC1(O)CN(CCSc2nonc2C(=Nc2ccc(F)c(C(F)F)c2)NO)C1.CS(=O)(=O)OCCSc1nonc1-c1noc(=O)n1-c1ccc(F)c(C(F)F)c1. The minimum Gasteiger partial charge on any atom is -0.388 e. The zero-order chi connectivity index (χ0) is 63.0. The molecule has 27 nitrogen and oxygen atoms in total. The van der Waals surface area contributed by atoms with E-state index in [0.717, 1.165) is 75.7 Å². The topological polar surface area (TPSA) is 348 Å². The number of alkyl halides is 6. The summed E-state index contributed by atoms with van der Waals surface area (Å²) >= 11 is 3.55. The van der Waals surface area contributed by atoms with Crippen molar-refractivity contribution in [1.82, 2.24) is 65.7 Å². The summed E-state index contributed by atoms with van der Waals surface area (Å²) in [6.07, 6.45) is -8.27. The van der Waals surface area contributed by atoms with Crippen molar-refractivity contribution in [2.75, 3.05) is 69.4 Å². The fourth-order valence-corrected chi connectivity index (χ4v) is 11.2. The summed E-state index contributed by atoms with van der Waals surface area (Å²) in [5.74, 6) is -4.46. The lowest BCUT2D eigenvalue weighted by Gasteiger charge is -2.44. The molecule has 0 saturated carbocycles. The van der Waals surface area contributed by atoms with E-state index in [1.807, 2.05) is 5.48 Å². The molecule has 0 atom stereocenters.